The lowest BCUT2D eigenvalue weighted by Crippen LogP contribution is -2.54. The highest BCUT2D eigenvalue weighted by atomic mass is 16.5. The number of rotatable bonds is 10. The van der Waals surface area contributed by atoms with Crippen LogP contribution in [0.3, 0.4) is 0 Å². The summed E-state index contributed by atoms with van der Waals surface area (Å²) in [5, 5.41) is 12.3. The van der Waals surface area contributed by atoms with E-state index in [9.17, 15) is 9.90 Å². The monoisotopic (exact) mass is 289 g/mol. The van der Waals surface area contributed by atoms with Crippen LogP contribution in [0, 0.1) is 0 Å². The highest BCUT2D eigenvalue weighted by Crippen LogP contribution is 2.30. The summed E-state index contributed by atoms with van der Waals surface area (Å²) in [5.74, 6) is -0.781. The fourth-order valence-corrected chi connectivity index (χ4v) is 2.55. The van der Waals surface area contributed by atoms with Gasteiger partial charge in [-0.3, -0.25) is 4.79 Å². The van der Waals surface area contributed by atoms with E-state index in [-0.39, 0.29) is 6.10 Å². The zero-order chi connectivity index (χ0) is 14.8. The molecule has 0 heterocycles. The molecule has 1 saturated carbocycles. The first-order valence-electron chi connectivity index (χ1n) is 7.25. The van der Waals surface area contributed by atoms with E-state index in [1.54, 1.807) is 14.2 Å². The first-order valence-corrected chi connectivity index (χ1v) is 7.25. The predicted molar refractivity (Wildman–Crippen MR) is 74.9 cm³/mol. The van der Waals surface area contributed by atoms with Crippen LogP contribution in [0.2, 0.25) is 0 Å². The first kappa shape index (κ1) is 17.4. The van der Waals surface area contributed by atoms with Gasteiger partial charge in [-0.05, 0) is 32.7 Å². The number of carboxylic acid groups (broad SMARTS) is 1. The molecule has 0 saturated heterocycles. The molecule has 6 nitrogen and oxygen atoms in total. The van der Waals surface area contributed by atoms with Crippen LogP contribution >= 0.6 is 0 Å². The van der Waals surface area contributed by atoms with Crippen molar-refractivity contribution >= 4 is 5.97 Å². The SMILES string of the molecule is CNC1(C(=O)O)CCCC(OCCCOCCOC)C1. The van der Waals surface area contributed by atoms with E-state index >= 15 is 0 Å². The Kier molecular flexibility index (Phi) is 8.06. The molecule has 1 aliphatic carbocycles. The number of ether oxygens (including phenoxy) is 3. The van der Waals surface area contributed by atoms with Crippen molar-refractivity contribution in [2.45, 2.75) is 43.7 Å². The molecule has 1 aliphatic rings. The van der Waals surface area contributed by atoms with Crippen molar-refractivity contribution in [2.24, 2.45) is 0 Å². The highest BCUT2D eigenvalue weighted by molar-refractivity contribution is 5.79. The number of carbonyl (C=O) groups is 1. The zero-order valence-corrected chi connectivity index (χ0v) is 12.5. The van der Waals surface area contributed by atoms with Crippen molar-refractivity contribution in [1.29, 1.82) is 0 Å². The smallest absolute Gasteiger partial charge is 0.323 e. The fraction of sp³-hybridized carbons (Fsp3) is 0.929. The van der Waals surface area contributed by atoms with Crippen LogP contribution < -0.4 is 5.32 Å². The maximum absolute atomic E-state index is 11.4. The predicted octanol–water partition coefficient (Wildman–Crippen LogP) is 1.04. The van der Waals surface area contributed by atoms with E-state index in [4.69, 9.17) is 14.2 Å². The summed E-state index contributed by atoms with van der Waals surface area (Å²) in [7, 11) is 3.35. The molecule has 0 aliphatic heterocycles. The molecule has 20 heavy (non-hydrogen) atoms. The normalized spacial score (nSPS) is 26.6. The molecule has 0 radical (unpaired) electrons. The minimum absolute atomic E-state index is 0.0197. The highest BCUT2D eigenvalue weighted by Gasteiger charge is 2.41. The lowest BCUT2D eigenvalue weighted by molar-refractivity contribution is -0.149. The summed E-state index contributed by atoms with van der Waals surface area (Å²) in [5.41, 5.74) is -0.822. The van der Waals surface area contributed by atoms with Gasteiger partial charge in [0.15, 0.2) is 0 Å². The van der Waals surface area contributed by atoms with Gasteiger partial charge in [0.2, 0.25) is 0 Å². The van der Waals surface area contributed by atoms with E-state index in [0.717, 1.165) is 19.3 Å². The average molecular weight is 289 g/mol. The topological polar surface area (TPSA) is 77.0 Å². The largest absolute Gasteiger partial charge is 0.480 e. The lowest BCUT2D eigenvalue weighted by Gasteiger charge is -2.37. The Bertz CT molecular complexity index is 287. The Morgan fingerprint density at radius 3 is 2.80 bits per heavy atom. The second-order valence-electron chi connectivity index (χ2n) is 5.19. The lowest BCUT2D eigenvalue weighted by atomic mass is 9.80. The molecule has 0 bridgehead atoms. The Morgan fingerprint density at radius 1 is 1.35 bits per heavy atom. The molecule has 6 heteroatoms. The Labute approximate surface area is 120 Å². The summed E-state index contributed by atoms with van der Waals surface area (Å²) in [6, 6.07) is 0. The van der Waals surface area contributed by atoms with E-state index in [1.807, 2.05) is 0 Å². The van der Waals surface area contributed by atoms with Gasteiger partial charge in [0, 0.05) is 26.7 Å². The second-order valence-corrected chi connectivity index (χ2v) is 5.19. The van der Waals surface area contributed by atoms with E-state index in [1.165, 1.54) is 0 Å². The van der Waals surface area contributed by atoms with Gasteiger partial charge in [-0.25, -0.2) is 0 Å². The molecule has 2 atom stereocenters. The summed E-state index contributed by atoms with van der Waals surface area (Å²) in [4.78, 5) is 11.4. The Hall–Kier alpha value is -0.690. The molecular formula is C14H27NO5. The van der Waals surface area contributed by atoms with Crippen LogP contribution in [-0.4, -0.2) is 63.3 Å². The molecule has 118 valence electrons. The standard InChI is InChI=1S/C14H27NO5/c1-15-14(13(16)17)6-3-5-12(11-14)20-8-4-7-19-10-9-18-2/h12,15H,3-11H2,1-2H3,(H,16,17). The number of hydrogen-bond acceptors (Lipinski definition) is 5. The minimum atomic E-state index is -0.822. The maximum atomic E-state index is 11.4. The Morgan fingerprint density at radius 2 is 2.15 bits per heavy atom. The molecule has 0 spiro atoms. The second kappa shape index (κ2) is 9.28. The molecule has 1 fully saturated rings. The maximum Gasteiger partial charge on any atom is 0.323 e. The van der Waals surface area contributed by atoms with Crippen LogP contribution in [-0.2, 0) is 19.0 Å². The fourth-order valence-electron chi connectivity index (χ4n) is 2.55. The summed E-state index contributed by atoms with van der Waals surface area (Å²) >= 11 is 0. The first-order chi connectivity index (χ1) is 9.64. The van der Waals surface area contributed by atoms with Crippen molar-refractivity contribution in [3.63, 3.8) is 0 Å². The summed E-state index contributed by atoms with van der Waals surface area (Å²) < 4.78 is 16.0. The number of likely N-dealkylation sites (N-methyl/N-ethyl adjacent to an activating group) is 1. The van der Waals surface area contributed by atoms with Gasteiger partial charge < -0.3 is 24.6 Å². The number of hydrogen-bond donors (Lipinski definition) is 2. The van der Waals surface area contributed by atoms with Crippen molar-refractivity contribution in [3.8, 4) is 0 Å². The van der Waals surface area contributed by atoms with Gasteiger partial charge >= 0.3 is 5.97 Å². The molecular weight excluding hydrogens is 262 g/mol. The van der Waals surface area contributed by atoms with Crippen molar-refractivity contribution in [2.75, 3.05) is 40.6 Å². The van der Waals surface area contributed by atoms with Gasteiger partial charge in [-0.2, -0.15) is 0 Å². The number of aliphatic carboxylic acids is 1. The van der Waals surface area contributed by atoms with E-state index < -0.39 is 11.5 Å². The van der Waals surface area contributed by atoms with E-state index in [2.05, 4.69) is 5.32 Å². The molecule has 2 unspecified atom stereocenters. The average Bonchev–Trinajstić information content (AvgIpc) is 2.46. The van der Waals surface area contributed by atoms with Crippen LogP contribution in [0.1, 0.15) is 32.1 Å². The van der Waals surface area contributed by atoms with Crippen LogP contribution in [0.15, 0.2) is 0 Å². The van der Waals surface area contributed by atoms with Crippen LogP contribution in [0.25, 0.3) is 0 Å². The van der Waals surface area contributed by atoms with Crippen molar-refractivity contribution in [1.82, 2.24) is 5.32 Å². The number of nitrogens with one attached hydrogen (secondary N) is 1. The molecule has 2 N–H and O–H groups in total. The van der Waals surface area contributed by atoms with Crippen molar-refractivity contribution in [3.05, 3.63) is 0 Å². The zero-order valence-electron chi connectivity index (χ0n) is 12.5. The number of carboxylic acids is 1. The van der Waals surface area contributed by atoms with Crippen molar-refractivity contribution < 1.29 is 24.1 Å². The third-order valence-electron chi connectivity index (χ3n) is 3.81. The third-order valence-corrected chi connectivity index (χ3v) is 3.81. The van der Waals surface area contributed by atoms with E-state index in [0.29, 0.717) is 39.3 Å². The van der Waals surface area contributed by atoms with Gasteiger partial charge in [0.25, 0.3) is 0 Å². The van der Waals surface area contributed by atoms with Gasteiger partial charge in [0.05, 0.1) is 19.3 Å². The van der Waals surface area contributed by atoms with Crippen LogP contribution in [0.4, 0.5) is 0 Å². The molecule has 0 amide bonds. The molecule has 0 aromatic rings. The van der Waals surface area contributed by atoms with Gasteiger partial charge in [-0.1, -0.05) is 0 Å². The Balaban J connectivity index is 2.19. The minimum Gasteiger partial charge on any atom is -0.480 e. The summed E-state index contributed by atoms with van der Waals surface area (Å²) in [6.45, 7) is 2.46. The third kappa shape index (κ3) is 5.36. The molecule has 0 aromatic carbocycles. The molecule has 1 rings (SSSR count). The number of methoxy groups -OCH3 is 1. The quantitative estimate of drug-likeness (QED) is 0.585. The van der Waals surface area contributed by atoms with Gasteiger partial charge in [0.1, 0.15) is 5.54 Å². The van der Waals surface area contributed by atoms with Gasteiger partial charge in [-0.15, -0.1) is 0 Å². The van der Waals surface area contributed by atoms with Crippen LogP contribution in [0.5, 0.6) is 0 Å². The summed E-state index contributed by atoms with van der Waals surface area (Å²) in [6.07, 6.45) is 3.84. The molecule has 0 aromatic heterocycles.